The van der Waals surface area contributed by atoms with Gasteiger partial charge in [0.2, 0.25) is 0 Å². The predicted octanol–water partition coefficient (Wildman–Crippen LogP) is 1.56. The number of nitrogens with one attached hydrogen (secondary N) is 2. The minimum absolute atomic E-state index is 0.0724. The first-order valence-electron chi connectivity index (χ1n) is 7.39. The third-order valence-electron chi connectivity index (χ3n) is 3.25. The van der Waals surface area contributed by atoms with Gasteiger partial charge < -0.3 is 20.1 Å². The maximum atomic E-state index is 13.1. The molecule has 2 amide bonds. The van der Waals surface area contributed by atoms with Crippen molar-refractivity contribution in [2.45, 2.75) is 19.9 Å². The molecule has 7 nitrogen and oxygen atoms in total. The van der Waals surface area contributed by atoms with Gasteiger partial charge in [0.25, 0.3) is 0 Å². The van der Waals surface area contributed by atoms with Crippen LogP contribution in [-0.2, 0) is 19.1 Å². The van der Waals surface area contributed by atoms with E-state index in [0.717, 1.165) is 0 Å². The van der Waals surface area contributed by atoms with E-state index in [-0.39, 0.29) is 24.5 Å². The highest BCUT2D eigenvalue weighted by Gasteiger charge is 2.37. The molecule has 8 heteroatoms. The van der Waals surface area contributed by atoms with Gasteiger partial charge in [0.05, 0.1) is 24.8 Å². The van der Waals surface area contributed by atoms with Crippen LogP contribution < -0.4 is 10.6 Å². The number of halogens is 1. The molecule has 0 aliphatic carbocycles. The second-order valence-electron chi connectivity index (χ2n) is 4.81. The van der Waals surface area contributed by atoms with Crippen LogP contribution in [0.2, 0.25) is 0 Å². The molecule has 1 heterocycles. The molecule has 0 bridgehead atoms. The summed E-state index contributed by atoms with van der Waals surface area (Å²) in [6.45, 7) is 3.37. The van der Waals surface area contributed by atoms with Crippen molar-refractivity contribution in [2.24, 2.45) is 0 Å². The van der Waals surface area contributed by atoms with Gasteiger partial charge in [0.15, 0.2) is 0 Å². The maximum absolute atomic E-state index is 13.1. The Labute approximate surface area is 137 Å². The van der Waals surface area contributed by atoms with Crippen LogP contribution in [0.3, 0.4) is 0 Å². The first-order valence-corrected chi connectivity index (χ1v) is 7.39. The lowest BCUT2D eigenvalue weighted by Crippen LogP contribution is -2.48. The van der Waals surface area contributed by atoms with Crippen molar-refractivity contribution in [1.82, 2.24) is 10.6 Å². The van der Waals surface area contributed by atoms with Crippen LogP contribution in [0.4, 0.5) is 9.18 Å². The molecule has 0 saturated carbocycles. The zero-order valence-electron chi connectivity index (χ0n) is 13.2. The second kappa shape index (κ2) is 7.58. The van der Waals surface area contributed by atoms with Gasteiger partial charge in [-0.2, -0.15) is 0 Å². The maximum Gasteiger partial charge on any atom is 0.355 e. The molecule has 2 rings (SSSR count). The summed E-state index contributed by atoms with van der Waals surface area (Å²) in [7, 11) is 0. The lowest BCUT2D eigenvalue weighted by molar-refractivity contribution is -0.142. The summed E-state index contributed by atoms with van der Waals surface area (Å²) in [6, 6.07) is 3.56. The largest absolute Gasteiger partial charge is 0.463 e. The lowest BCUT2D eigenvalue weighted by atomic mass is 9.95. The fourth-order valence-corrected chi connectivity index (χ4v) is 2.26. The van der Waals surface area contributed by atoms with Gasteiger partial charge in [0.1, 0.15) is 11.5 Å². The lowest BCUT2D eigenvalue weighted by Gasteiger charge is -2.28. The van der Waals surface area contributed by atoms with Crippen molar-refractivity contribution in [3.63, 3.8) is 0 Å². The molecule has 1 unspecified atom stereocenters. The van der Waals surface area contributed by atoms with E-state index in [0.29, 0.717) is 5.56 Å². The summed E-state index contributed by atoms with van der Waals surface area (Å²) in [5, 5.41) is 4.81. The molecule has 1 atom stereocenters. The number of hydrogen-bond donors (Lipinski definition) is 2. The Hall–Kier alpha value is -2.90. The van der Waals surface area contributed by atoms with Crippen molar-refractivity contribution in [1.29, 1.82) is 0 Å². The average molecular weight is 336 g/mol. The molecule has 2 N–H and O–H groups in total. The summed E-state index contributed by atoms with van der Waals surface area (Å²) in [4.78, 5) is 36.3. The average Bonchev–Trinajstić information content (AvgIpc) is 2.55. The minimum Gasteiger partial charge on any atom is -0.463 e. The predicted molar refractivity (Wildman–Crippen MR) is 81.1 cm³/mol. The number of urea groups is 1. The molecule has 0 spiro atoms. The van der Waals surface area contributed by atoms with E-state index in [1.54, 1.807) is 13.8 Å². The smallest absolute Gasteiger partial charge is 0.355 e. The van der Waals surface area contributed by atoms with Gasteiger partial charge in [-0.05, 0) is 31.5 Å². The van der Waals surface area contributed by atoms with Crippen molar-refractivity contribution in [2.75, 3.05) is 13.2 Å². The molecule has 1 aromatic rings. The molecule has 0 aromatic heterocycles. The zero-order chi connectivity index (χ0) is 17.7. The van der Waals surface area contributed by atoms with Crippen LogP contribution in [0.15, 0.2) is 35.5 Å². The Morgan fingerprint density at radius 3 is 2.25 bits per heavy atom. The van der Waals surface area contributed by atoms with Gasteiger partial charge in [-0.1, -0.05) is 12.1 Å². The number of ether oxygens (including phenoxy) is 2. The van der Waals surface area contributed by atoms with Crippen LogP contribution in [0.1, 0.15) is 25.5 Å². The topological polar surface area (TPSA) is 93.7 Å². The van der Waals surface area contributed by atoms with Crippen LogP contribution in [-0.4, -0.2) is 31.2 Å². The number of esters is 2. The highest BCUT2D eigenvalue weighted by molar-refractivity contribution is 6.05. The molecule has 0 fully saturated rings. The number of carbonyl (C=O) groups is 3. The molecular weight excluding hydrogens is 319 g/mol. The van der Waals surface area contributed by atoms with Crippen LogP contribution in [0.25, 0.3) is 0 Å². The first-order chi connectivity index (χ1) is 11.5. The highest BCUT2D eigenvalue weighted by Crippen LogP contribution is 2.28. The van der Waals surface area contributed by atoms with E-state index in [4.69, 9.17) is 9.47 Å². The highest BCUT2D eigenvalue weighted by atomic mass is 19.1. The zero-order valence-corrected chi connectivity index (χ0v) is 13.2. The van der Waals surface area contributed by atoms with Crippen molar-refractivity contribution in [3.05, 3.63) is 46.9 Å². The van der Waals surface area contributed by atoms with E-state index in [1.165, 1.54) is 24.3 Å². The van der Waals surface area contributed by atoms with Gasteiger partial charge >= 0.3 is 18.0 Å². The molecular formula is C16H17FN2O5. The number of amides is 2. The fraction of sp³-hybridized carbons (Fsp3) is 0.312. The molecule has 1 aliphatic rings. The molecule has 0 radical (unpaired) electrons. The van der Waals surface area contributed by atoms with Crippen molar-refractivity contribution in [3.8, 4) is 0 Å². The van der Waals surface area contributed by atoms with E-state index in [2.05, 4.69) is 10.6 Å². The SMILES string of the molecule is CCOC(=O)C1=C(C(=O)OCC)C(c2ccc(F)cc2)NC(=O)N1. The number of benzene rings is 1. The Morgan fingerprint density at radius 2 is 1.67 bits per heavy atom. The Kier molecular flexibility index (Phi) is 5.51. The minimum atomic E-state index is -0.960. The summed E-state index contributed by atoms with van der Waals surface area (Å²) < 4.78 is 23.0. The van der Waals surface area contributed by atoms with Gasteiger partial charge in [-0.3, -0.25) is 0 Å². The van der Waals surface area contributed by atoms with Crippen LogP contribution in [0, 0.1) is 5.82 Å². The van der Waals surface area contributed by atoms with E-state index >= 15 is 0 Å². The van der Waals surface area contributed by atoms with Crippen LogP contribution >= 0.6 is 0 Å². The molecule has 24 heavy (non-hydrogen) atoms. The van der Waals surface area contributed by atoms with Crippen LogP contribution in [0.5, 0.6) is 0 Å². The third-order valence-corrected chi connectivity index (χ3v) is 3.25. The second-order valence-corrected chi connectivity index (χ2v) is 4.81. The summed E-state index contributed by atoms with van der Waals surface area (Å²) in [5.41, 5.74) is 0.0472. The standard InChI is InChI=1S/C16H17FN2O5/c1-3-23-14(20)11-12(9-5-7-10(17)8-6-9)18-16(22)19-13(11)15(21)24-4-2/h5-8,12H,3-4H2,1-2H3,(H2,18,19,22). The van der Waals surface area contributed by atoms with Gasteiger partial charge in [-0.15, -0.1) is 0 Å². The summed E-state index contributed by atoms with van der Waals surface area (Å²) in [6.07, 6.45) is 0. The first kappa shape index (κ1) is 17.5. The Balaban J connectivity index is 2.54. The van der Waals surface area contributed by atoms with E-state index in [9.17, 15) is 18.8 Å². The molecule has 0 saturated heterocycles. The Bertz CT molecular complexity index is 684. The number of rotatable bonds is 5. The monoisotopic (exact) mass is 336 g/mol. The van der Waals surface area contributed by atoms with Gasteiger partial charge in [0, 0.05) is 0 Å². The van der Waals surface area contributed by atoms with Gasteiger partial charge in [-0.25, -0.2) is 18.8 Å². The molecule has 1 aromatic carbocycles. The normalized spacial score (nSPS) is 17.0. The van der Waals surface area contributed by atoms with Crippen molar-refractivity contribution >= 4 is 18.0 Å². The Morgan fingerprint density at radius 1 is 1.08 bits per heavy atom. The summed E-state index contributed by atoms with van der Waals surface area (Å²) in [5.74, 6) is -2.09. The van der Waals surface area contributed by atoms with E-state index in [1.807, 2.05) is 0 Å². The fourth-order valence-electron chi connectivity index (χ4n) is 2.26. The number of carbonyl (C=O) groups excluding carboxylic acids is 3. The molecule has 128 valence electrons. The quantitative estimate of drug-likeness (QED) is 0.796. The summed E-state index contributed by atoms with van der Waals surface area (Å²) >= 11 is 0. The van der Waals surface area contributed by atoms with E-state index < -0.39 is 29.8 Å². The number of hydrogen-bond acceptors (Lipinski definition) is 5. The van der Waals surface area contributed by atoms with Crippen molar-refractivity contribution < 1.29 is 28.2 Å². The molecule has 1 aliphatic heterocycles. The third kappa shape index (κ3) is 3.70.